The Morgan fingerprint density at radius 3 is 2.54 bits per heavy atom. The average Bonchev–Trinajstić information content (AvgIpc) is 3.18. The monoisotopic (exact) mass is 382 g/mol. The van der Waals surface area contributed by atoms with Crippen LogP contribution in [0, 0.1) is 10.1 Å². The summed E-state index contributed by atoms with van der Waals surface area (Å²) in [7, 11) is 3.76. The number of anilines is 1. The molecule has 0 aliphatic heterocycles. The van der Waals surface area contributed by atoms with E-state index in [0.717, 1.165) is 5.69 Å². The molecule has 0 amide bonds. The second-order valence-electron chi connectivity index (χ2n) is 6.24. The maximum Gasteiger partial charge on any atom is 0.338 e. The number of ether oxygens (including phenoxy) is 1. The normalized spacial score (nSPS) is 11.7. The van der Waals surface area contributed by atoms with E-state index in [2.05, 4.69) is 10.2 Å². The van der Waals surface area contributed by atoms with Gasteiger partial charge in [-0.1, -0.05) is 6.07 Å². The van der Waals surface area contributed by atoms with E-state index in [0.29, 0.717) is 11.1 Å². The van der Waals surface area contributed by atoms with Crippen molar-refractivity contribution in [1.29, 1.82) is 0 Å². The Morgan fingerprint density at radius 2 is 1.89 bits per heavy atom. The first kappa shape index (κ1) is 19.0. The molecule has 0 aliphatic rings. The molecule has 28 heavy (non-hydrogen) atoms. The number of nitro groups is 1. The summed E-state index contributed by atoms with van der Waals surface area (Å²) < 4.78 is 11.0. The largest absolute Gasteiger partial charge is 0.449 e. The number of aromatic nitrogens is 2. The first-order valence-corrected chi connectivity index (χ1v) is 8.41. The summed E-state index contributed by atoms with van der Waals surface area (Å²) in [6.45, 7) is 1.63. The fourth-order valence-corrected chi connectivity index (χ4v) is 2.43. The van der Waals surface area contributed by atoms with Crippen molar-refractivity contribution in [2.24, 2.45) is 0 Å². The predicted octanol–water partition coefficient (Wildman–Crippen LogP) is 3.63. The lowest BCUT2D eigenvalue weighted by Gasteiger charge is -2.14. The molecule has 0 N–H and O–H groups in total. The third-order valence-corrected chi connectivity index (χ3v) is 4.00. The average molecular weight is 382 g/mol. The lowest BCUT2D eigenvalue weighted by Crippen LogP contribution is -2.12. The summed E-state index contributed by atoms with van der Waals surface area (Å²) in [6.07, 6.45) is -0.755. The highest BCUT2D eigenvalue weighted by Crippen LogP contribution is 2.25. The van der Waals surface area contributed by atoms with Crippen LogP contribution in [0.5, 0.6) is 0 Å². The molecular weight excluding hydrogens is 364 g/mol. The number of carbonyl (C=O) groups is 1. The molecule has 3 aromatic rings. The molecule has 0 bridgehead atoms. The number of benzene rings is 2. The zero-order chi connectivity index (χ0) is 20.3. The molecule has 1 heterocycles. The zero-order valence-corrected chi connectivity index (χ0v) is 15.5. The second-order valence-corrected chi connectivity index (χ2v) is 6.24. The minimum Gasteiger partial charge on any atom is -0.449 e. The van der Waals surface area contributed by atoms with Crippen molar-refractivity contribution in [1.82, 2.24) is 10.2 Å². The van der Waals surface area contributed by atoms with Crippen molar-refractivity contribution in [2.45, 2.75) is 13.0 Å². The lowest BCUT2D eigenvalue weighted by atomic mass is 10.2. The smallest absolute Gasteiger partial charge is 0.338 e. The summed E-state index contributed by atoms with van der Waals surface area (Å²) in [5, 5.41) is 18.5. The maximum atomic E-state index is 12.4. The molecule has 0 radical (unpaired) electrons. The molecule has 1 aromatic heterocycles. The Labute approximate surface area is 160 Å². The Morgan fingerprint density at radius 1 is 1.18 bits per heavy atom. The van der Waals surface area contributed by atoms with E-state index in [4.69, 9.17) is 9.15 Å². The van der Waals surface area contributed by atoms with Crippen LogP contribution in [-0.4, -0.2) is 35.2 Å². The van der Waals surface area contributed by atoms with Gasteiger partial charge in [-0.2, -0.15) is 0 Å². The number of esters is 1. The first-order valence-electron chi connectivity index (χ1n) is 8.41. The Kier molecular flexibility index (Phi) is 5.35. The van der Waals surface area contributed by atoms with Crippen LogP contribution in [0.4, 0.5) is 11.4 Å². The molecule has 9 heteroatoms. The van der Waals surface area contributed by atoms with Crippen LogP contribution in [0.1, 0.15) is 29.3 Å². The first-order chi connectivity index (χ1) is 13.3. The SMILES string of the molecule is C[C@H](OC(=O)c1cccc(N(C)C)c1)c1nnc(-c2ccc([N+](=O)[O-])cc2)o1. The van der Waals surface area contributed by atoms with Crippen LogP contribution in [0.15, 0.2) is 52.9 Å². The third kappa shape index (κ3) is 4.14. The van der Waals surface area contributed by atoms with Gasteiger partial charge in [0, 0.05) is 37.5 Å². The molecule has 0 unspecified atom stereocenters. The standard InChI is InChI=1S/C19H18N4O5/c1-12(27-19(24)14-5-4-6-16(11-14)22(2)3)17-20-21-18(28-17)13-7-9-15(10-8-13)23(25)26/h4-12H,1-3H3/t12-/m0/s1. The number of non-ortho nitro benzene ring substituents is 1. The highest BCUT2D eigenvalue weighted by molar-refractivity contribution is 5.90. The number of hydrogen-bond acceptors (Lipinski definition) is 8. The summed E-state index contributed by atoms with van der Waals surface area (Å²) in [5.41, 5.74) is 1.78. The molecule has 0 saturated carbocycles. The number of carbonyl (C=O) groups excluding carboxylic acids is 1. The van der Waals surface area contributed by atoms with Crippen LogP contribution in [0.2, 0.25) is 0 Å². The minimum atomic E-state index is -0.755. The molecule has 144 valence electrons. The van der Waals surface area contributed by atoms with Gasteiger partial charge in [0.15, 0.2) is 6.10 Å². The van der Waals surface area contributed by atoms with Gasteiger partial charge in [0.1, 0.15) is 0 Å². The third-order valence-electron chi connectivity index (χ3n) is 4.00. The molecule has 0 spiro atoms. The fourth-order valence-electron chi connectivity index (χ4n) is 2.43. The molecule has 1 atom stereocenters. The van der Waals surface area contributed by atoms with Gasteiger partial charge in [0.05, 0.1) is 10.5 Å². The predicted molar refractivity (Wildman–Crippen MR) is 101 cm³/mol. The van der Waals surface area contributed by atoms with Gasteiger partial charge in [-0.05, 0) is 37.3 Å². The highest BCUT2D eigenvalue weighted by Gasteiger charge is 2.20. The van der Waals surface area contributed by atoms with Gasteiger partial charge in [-0.25, -0.2) is 4.79 Å². The zero-order valence-electron chi connectivity index (χ0n) is 15.5. The summed E-state index contributed by atoms with van der Waals surface area (Å²) in [6, 6.07) is 12.8. The Balaban J connectivity index is 1.71. The van der Waals surface area contributed by atoms with Gasteiger partial charge < -0.3 is 14.1 Å². The fraction of sp³-hybridized carbons (Fsp3) is 0.211. The van der Waals surface area contributed by atoms with E-state index in [1.54, 1.807) is 25.1 Å². The van der Waals surface area contributed by atoms with Gasteiger partial charge in [0.2, 0.25) is 5.89 Å². The molecular formula is C19H18N4O5. The molecule has 3 rings (SSSR count). The van der Waals surface area contributed by atoms with Gasteiger partial charge in [-0.15, -0.1) is 10.2 Å². The van der Waals surface area contributed by atoms with Gasteiger partial charge in [0.25, 0.3) is 11.6 Å². The number of nitro benzene ring substituents is 1. The summed E-state index contributed by atoms with van der Waals surface area (Å²) >= 11 is 0. The van der Waals surface area contributed by atoms with E-state index in [1.165, 1.54) is 24.3 Å². The van der Waals surface area contributed by atoms with E-state index in [9.17, 15) is 14.9 Å². The molecule has 2 aromatic carbocycles. The number of hydrogen-bond donors (Lipinski definition) is 0. The van der Waals surface area contributed by atoms with Gasteiger partial charge in [-0.3, -0.25) is 10.1 Å². The van der Waals surface area contributed by atoms with Crippen LogP contribution in [0.25, 0.3) is 11.5 Å². The lowest BCUT2D eigenvalue weighted by molar-refractivity contribution is -0.384. The highest BCUT2D eigenvalue weighted by atomic mass is 16.6. The Hall–Kier alpha value is -3.75. The van der Waals surface area contributed by atoms with Crippen molar-refractivity contribution in [3.63, 3.8) is 0 Å². The number of rotatable bonds is 6. The second kappa shape index (κ2) is 7.87. The Bertz CT molecular complexity index is 998. The molecule has 9 nitrogen and oxygen atoms in total. The maximum absolute atomic E-state index is 12.4. The van der Waals surface area contributed by atoms with Crippen molar-refractivity contribution in [3.05, 3.63) is 70.1 Å². The summed E-state index contributed by atoms with van der Waals surface area (Å²) in [4.78, 5) is 24.5. The van der Waals surface area contributed by atoms with Crippen molar-refractivity contribution < 1.29 is 18.9 Å². The van der Waals surface area contributed by atoms with Crippen LogP contribution >= 0.6 is 0 Å². The number of nitrogens with zero attached hydrogens (tertiary/aromatic N) is 4. The summed E-state index contributed by atoms with van der Waals surface area (Å²) in [5.74, 6) is -0.195. The minimum absolute atomic E-state index is 0.0364. The van der Waals surface area contributed by atoms with Crippen LogP contribution in [-0.2, 0) is 4.74 Å². The quantitative estimate of drug-likeness (QED) is 0.361. The van der Waals surface area contributed by atoms with Crippen LogP contribution < -0.4 is 4.90 Å². The molecule has 0 aliphatic carbocycles. The van der Waals surface area contributed by atoms with Crippen molar-refractivity contribution in [2.75, 3.05) is 19.0 Å². The van der Waals surface area contributed by atoms with E-state index >= 15 is 0 Å². The van der Waals surface area contributed by atoms with E-state index in [1.807, 2.05) is 25.1 Å². The van der Waals surface area contributed by atoms with Crippen molar-refractivity contribution in [3.8, 4) is 11.5 Å². The van der Waals surface area contributed by atoms with E-state index < -0.39 is 17.0 Å². The van der Waals surface area contributed by atoms with Crippen LogP contribution in [0.3, 0.4) is 0 Å². The topological polar surface area (TPSA) is 112 Å². The molecule has 0 saturated heterocycles. The van der Waals surface area contributed by atoms with Gasteiger partial charge >= 0.3 is 5.97 Å². The van der Waals surface area contributed by atoms with E-state index in [-0.39, 0.29) is 17.5 Å². The molecule has 0 fully saturated rings. The van der Waals surface area contributed by atoms with Crippen molar-refractivity contribution >= 4 is 17.3 Å².